The third-order valence-corrected chi connectivity index (χ3v) is 4.07. The summed E-state index contributed by atoms with van der Waals surface area (Å²) in [4.78, 5) is 14.2. The van der Waals surface area contributed by atoms with Crippen molar-refractivity contribution in [2.24, 2.45) is 0 Å². The van der Waals surface area contributed by atoms with Gasteiger partial charge in [-0.2, -0.15) is 0 Å². The van der Waals surface area contributed by atoms with E-state index in [-0.39, 0.29) is 18.0 Å². The third-order valence-electron chi connectivity index (χ3n) is 4.07. The lowest BCUT2D eigenvalue weighted by Crippen LogP contribution is -2.44. The van der Waals surface area contributed by atoms with Gasteiger partial charge < -0.3 is 11.1 Å². The number of rotatable bonds is 8. The Balaban J connectivity index is 2.56. The van der Waals surface area contributed by atoms with Crippen LogP contribution >= 0.6 is 0 Å². The monoisotopic (exact) mass is 291 g/mol. The highest BCUT2D eigenvalue weighted by atomic mass is 16.2. The number of likely N-dealkylation sites (N-methyl/N-ethyl adjacent to an activating group) is 1. The van der Waals surface area contributed by atoms with E-state index in [0.29, 0.717) is 0 Å². The van der Waals surface area contributed by atoms with Gasteiger partial charge in [0.1, 0.15) is 0 Å². The lowest BCUT2D eigenvalue weighted by atomic mass is 10.0. The molecule has 2 atom stereocenters. The van der Waals surface area contributed by atoms with Gasteiger partial charge in [0.25, 0.3) is 0 Å². The van der Waals surface area contributed by atoms with Gasteiger partial charge in [-0.05, 0) is 45.0 Å². The van der Waals surface area contributed by atoms with E-state index in [0.717, 1.165) is 37.1 Å². The van der Waals surface area contributed by atoms with Gasteiger partial charge in [0.15, 0.2) is 0 Å². The zero-order valence-corrected chi connectivity index (χ0v) is 13.7. The number of anilines is 1. The van der Waals surface area contributed by atoms with Gasteiger partial charge in [0.2, 0.25) is 5.91 Å². The summed E-state index contributed by atoms with van der Waals surface area (Å²) in [5, 5.41) is 3.01. The minimum absolute atomic E-state index is 0.0874. The van der Waals surface area contributed by atoms with Crippen LogP contribution in [-0.2, 0) is 4.79 Å². The Kier molecular flexibility index (Phi) is 7.23. The maximum Gasteiger partial charge on any atom is 0.237 e. The van der Waals surface area contributed by atoms with Gasteiger partial charge in [-0.15, -0.1) is 0 Å². The number of carbonyl (C=O) groups is 1. The van der Waals surface area contributed by atoms with Crippen LogP contribution in [0.25, 0.3) is 0 Å². The van der Waals surface area contributed by atoms with Crippen LogP contribution in [0.5, 0.6) is 0 Å². The molecule has 4 heteroatoms. The molecular weight excluding hydrogens is 262 g/mol. The molecule has 0 radical (unpaired) electrons. The Morgan fingerprint density at radius 3 is 2.67 bits per heavy atom. The number of nitrogens with one attached hydrogen (secondary N) is 1. The van der Waals surface area contributed by atoms with Gasteiger partial charge in [-0.1, -0.05) is 31.9 Å². The molecule has 0 aliphatic rings. The van der Waals surface area contributed by atoms with Gasteiger partial charge in [-0.25, -0.2) is 0 Å². The molecule has 2 unspecified atom stereocenters. The summed E-state index contributed by atoms with van der Waals surface area (Å²) in [6.45, 7) is 6.95. The topological polar surface area (TPSA) is 58.4 Å². The van der Waals surface area contributed by atoms with Gasteiger partial charge in [0, 0.05) is 18.3 Å². The van der Waals surface area contributed by atoms with E-state index in [1.165, 1.54) is 0 Å². The molecule has 3 N–H and O–H groups in total. The summed E-state index contributed by atoms with van der Waals surface area (Å²) >= 11 is 0. The predicted octanol–water partition coefficient (Wildman–Crippen LogP) is 2.96. The smallest absolute Gasteiger partial charge is 0.237 e. The molecule has 0 aromatic heterocycles. The first-order valence-corrected chi connectivity index (χ1v) is 7.82. The Morgan fingerprint density at radius 2 is 2.05 bits per heavy atom. The Morgan fingerprint density at radius 1 is 1.33 bits per heavy atom. The summed E-state index contributed by atoms with van der Waals surface area (Å²) in [5.41, 5.74) is 7.71. The van der Waals surface area contributed by atoms with Crippen molar-refractivity contribution in [1.82, 2.24) is 10.2 Å². The predicted molar refractivity (Wildman–Crippen MR) is 89.0 cm³/mol. The van der Waals surface area contributed by atoms with Crippen molar-refractivity contribution < 1.29 is 4.79 Å². The fourth-order valence-corrected chi connectivity index (χ4v) is 2.31. The van der Waals surface area contributed by atoms with Crippen molar-refractivity contribution in [1.29, 1.82) is 0 Å². The fourth-order valence-electron chi connectivity index (χ4n) is 2.31. The van der Waals surface area contributed by atoms with E-state index in [1.807, 2.05) is 38.2 Å². The fraction of sp³-hybridized carbons (Fsp3) is 0.588. The molecule has 0 heterocycles. The van der Waals surface area contributed by atoms with Crippen LogP contribution in [0, 0.1) is 0 Å². The molecule has 1 rings (SSSR count). The third kappa shape index (κ3) is 5.38. The SMILES string of the molecule is CCCCCNC(=O)C(C)N(C)C(C)c1cccc(N)c1. The summed E-state index contributed by atoms with van der Waals surface area (Å²) in [7, 11) is 1.98. The second-order valence-electron chi connectivity index (χ2n) is 5.69. The van der Waals surface area contributed by atoms with Crippen LogP contribution in [-0.4, -0.2) is 30.4 Å². The number of nitrogens with zero attached hydrogens (tertiary/aromatic N) is 1. The van der Waals surface area contributed by atoms with Crippen molar-refractivity contribution in [2.45, 2.75) is 52.1 Å². The first-order valence-electron chi connectivity index (χ1n) is 7.82. The van der Waals surface area contributed by atoms with Gasteiger partial charge in [0.05, 0.1) is 6.04 Å². The van der Waals surface area contributed by atoms with E-state index >= 15 is 0 Å². The van der Waals surface area contributed by atoms with E-state index in [4.69, 9.17) is 5.73 Å². The van der Waals surface area contributed by atoms with Crippen molar-refractivity contribution in [3.63, 3.8) is 0 Å². The number of nitrogens with two attached hydrogens (primary N) is 1. The summed E-state index contributed by atoms with van der Waals surface area (Å²) in [6, 6.07) is 7.81. The minimum Gasteiger partial charge on any atom is -0.399 e. The highest BCUT2D eigenvalue weighted by Gasteiger charge is 2.22. The summed E-state index contributed by atoms with van der Waals surface area (Å²) < 4.78 is 0. The Bertz CT molecular complexity index is 447. The van der Waals surface area contributed by atoms with Crippen molar-refractivity contribution >= 4 is 11.6 Å². The molecule has 0 aliphatic carbocycles. The number of hydrogen-bond donors (Lipinski definition) is 2. The molecule has 0 fully saturated rings. The van der Waals surface area contributed by atoms with E-state index < -0.39 is 0 Å². The first kappa shape index (κ1) is 17.5. The first-order chi connectivity index (χ1) is 9.97. The quantitative estimate of drug-likeness (QED) is 0.572. The normalized spacial score (nSPS) is 14.0. The standard InChI is InChI=1S/C17H29N3O/c1-5-6-7-11-19-17(21)14(3)20(4)13(2)15-9-8-10-16(18)12-15/h8-10,12-14H,5-7,11,18H2,1-4H3,(H,19,21). The maximum atomic E-state index is 12.2. The Hall–Kier alpha value is -1.55. The second kappa shape index (κ2) is 8.67. The molecule has 1 amide bonds. The van der Waals surface area contributed by atoms with Crippen molar-refractivity contribution in [2.75, 3.05) is 19.3 Å². The van der Waals surface area contributed by atoms with Crippen LogP contribution in [0.15, 0.2) is 24.3 Å². The molecule has 0 aliphatic heterocycles. The molecule has 1 aromatic carbocycles. The van der Waals surface area contributed by atoms with Gasteiger partial charge >= 0.3 is 0 Å². The number of amides is 1. The number of unbranched alkanes of at least 4 members (excludes halogenated alkanes) is 2. The summed E-state index contributed by atoms with van der Waals surface area (Å²) in [6.07, 6.45) is 3.37. The number of hydrogen-bond acceptors (Lipinski definition) is 3. The molecule has 0 saturated carbocycles. The average Bonchev–Trinajstić information content (AvgIpc) is 2.49. The molecule has 0 spiro atoms. The van der Waals surface area contributed by atoms with Crippen LogP contribution in [0.3, 0.4) is 0 Å². The Labute approximate surface area is 128 Å². The molecule has 118 valence electrons. The van der Waals surface area contributed by atoms with E-state index in [9.17, 15) is 4.79 Å². The molecule has 1 aromatic rings. The van der Waals surface area contributed by atoms with Crippen LogP contribution in [0.4, 0.5) is 5.69 Å². The molecule has 0 saturated heterocycles. The summed E-state index contributed by atoms with van der Waals surface area (Å²) in [5.74, 6) is 0.0874. The van der Waals surface area contributed by atoms with Crippen molar-refractivity contribution in [3.8, 4) is 0 Å². The molecule has 4 nitrogen and oxygen atoms in total. The number of carbonyl (C=O) groups excluding carboxylic acids is 1. The number of nitrogen functional groups attached to an aromatic ring is 1. The van der Waals surface area contributed by atoms with Gasteiger partial charge in [-0.3, -0.25) is 9.69 Å². The number of benzene rings is 1. The minimum atomic E-state index is -0.164. The average molecular weight is 291 g/mol. The highest BCUT2D eigenvalue weighted by molar-refractivity contribution is 5.81. The van der Waals surface area contributed by atoms with Crippen LogP contribution < -0.4 is 11.1 Å². The van der Waals surface area contributed by atoms with Crippen LogP contribution in [0.1, 0.15) is 51.6 Å². The lowest BCUT2D eigenvalue weighted by molar-refractivity contribution is -0.126. The molecule has 21 heavy (non-hydrogen) atoms. The maximum absolute atomic E-state index is 12.2. The largest absolute Gasteiger partial charge is 0.399 e. The zero-order chi connectivity index (χ0) is 15.8. The lowest BCUT2D eigenvalue weighted by Gasteiger charge is -2.30. The van der Waals surface area contributed by atoms with E-state index in [1.54, 1.807) is 0 Å². The zero-order valence-electron chi connectivity index (χ0n) is 13.7. The second-order valence-corrected chi connectivity index (χ2v) is 5.69. The molecule has 0 bridgehead atoms. The van der Waals surface area contributed by atoms with Crippen LogP contribution in [0.2, 0.25) is 0 Å². The van der Waals surface area contributed by atoms with E-state index in [2.05, 4.69) is 24.1 Å². The van der Waals surface area contributed by atoms with Crippen molar-refractivity contribution in [3.05, 3.63) is 29.8 Å². The molecular formula is C17H29N3O. The highest BCUT2D eigenvalue weighted by Crippen LogP contribution is 2.22.